The molecule has 0 fully saturated rings. The van der Waals surface area contributed by atoms with Crippen LogP contribution in [0.15, 0.2) is 6.20 Å². The van der Waals surface area contributed by atoms with Crippen molar-refractivity contribution < 1.29 is 19.1 Å². The zero-order valence-corrected chi connectivity index (χ0v) is 11.8. The van der Waals surface area contributed by atoms with Gasteiger partial charge in [0.2, 0.25) is 0 Å². The third-order valence-corrected chi connectivity index (χ3v) is 2.40. The van der Waals surface area contributed by atoms with Gasteiger partial charge in [-0.15, -0.1) is 0 Å². The molecule has 0 atom stereocenters. The maximum atomic E-state index is 11.5. The number of nitrogens with zero attached hydrogens (tertiary/aromatic N) is 3. The minimum Gasteiger partial charge on any atom is -0.462 e. The van der Waals surface area contributed by atoms with Gasteiger partial charge in [0.25, 0.3) is 0 Å². The third kappa shape index (κ3) is 4.44. The van der Waals surface area contributed by atoms with Crippen LogP contribution in [-0.4, -0.2) is 54.1 Å². The molecule has 0 aliphatic carbocycles. The van der Waals surface area contributed by atoms with Crippen LogP contribution in [0.3, 0.4) is 0 Å². The molecule has 19 heavy (non-hydrogen) atoms. The van der Waals surface area contributed by atoms with Crippen molar-refractivity contribution in [2.75, 3.05) is 27.3 Å². The van der Waals surface area contributed by atoms with E-state index < -0.39 is 12.1 Å². The molecule has 0 N–H and O–H groups in total. The van der Waals surface area contributed by atoms with Crippen molar-refractivity contribution in [1.82, 2.24) is 14.7 Å². The lowest BCUT2D eigenvalue weighted by Crippen LogP contribution is -2.24. The van der Waals surface area contributed by atoms with E-state index in [0.717, 1.165) is 0 Å². The predicted molar refractivity (Wildman–Crippen MR) is 68.2 cm³/mol. The number of esters is 1. The average molecular weight is 290 g/mol. The fourth-order valence-corrected chi connectivity index (χ4v) is 1.44. The second-order valence-electron chi connectivity index (χ2n) is 3.83. The predicted octanol–water partition coefficient (Wildman–Crippen LogP) is 1.41. The van der Waals surface area contributed by atoms with Gasteiger partial charge in [0.05, 0.1) is 13.2 Å². The fourth-order valence-electron chi connectivity index (χ4n) is 1.21. The average Bonchev–Trinajstić information content (AvgIpc) is 2.70. The molecule has 0 aliphatic rings. The number of halogens is 1. The van der Waals surface area contributed by atoms with Gasteiger partial charge in [-0.05, 0) is 6.92 Å². The van der Waals surface area contributed by atoms with Crippen LogP contribution >= 0.6 is 11.6 Å². The molecule has 0 radical (unpaired) electrons. The maximum Gasteiger partial charge on any atom is 0.409 e. The van der Waals surface area contributed by atoms with Gasteiger partial charge in [0.15, 0.2) is 5.15 Å². The molecule has 7 nitrogen and oxygen atoms in total. The van der Waals surface area contributed by atoms with Crippen LogP contribution in [-0.2, 0) is 16.0 Å². The van der Waals surface area contributed by atoms with E-state index in [0.29, 0.717) is 6.54 Å². The minimum absolute atomic E-state index is 0.0670. The number of hydrogen-bond donors (Lipinski definition) is 0. The van der Waals surface area contributed by atoms with Crippen LogP contribution in [0.25, 0.3) is 0 Å². The highest BCUT2D eigenvalue weighted by Crippen LogP contribution is 2.14. The second-order valence-corrected chi connectivity index (χ2v) is 4.18. The number of aromatic nitrogens is 2. The molecule has 0 bridgehead atoms. The Hall–Kier alpha value is -1.76. The van der Waals surface area contributed by atoms with Crippen LogP contribution in [0.2, 0.25) is 5.15 Å². The molecule has 0 saturated carbocycles. The molecule has 106 valence electrons. The summed E-state index contributed by atoms with van der Waals surface area (Å²) in [5.74, 6) is -0.524. The van der Waals surface area contributed by atoms with Gasteiger partial charge in [-0.1, -0.05) is 11.6 Å². The third-order valence-electron chi connectivity index (χ3n) is 2.12. The van der Waals surface area contributed by atoms with Crippen molar-refractivity contribution >= 4 is 23.7 Å². The van der Waals surface area contributed by atoms with E-state index in [1.165, 1.54) is 15.8 Å². The number of carbonyl (C=O) groups excluding carboxylic acids is 2. The highest BCUT2D eigenvalue weighted by molar-refractivity contribution is 6.32. The number of ether oxygens (including phenoxy) is 2. The van der Waals surface area contributed by atoms with E-state index in [4.69, 9.17) is 21.1 Å². The lowest BCUT2D eigenvalue weighted by Gasteiger charge is -2.10. The van der Waals surface area contributed by atoms with Crippen molar-refractivity contribution in [2.45, 2.75) is 13.5 Å². The van der Waals surface area contributed by atoms with Crippen LogP contribution in [0, 0.1) is 0 Å². The molecule has 0 aromatic carbocycles. The Morgan fingerprint density at radius 1 is 1.42 bits per heavy atom. The van der Waals surface area contributed by atoms with Crippen molar-refractivity contribution in [3.63, 3.8) is 0 Å². The highest BCUT2D eigenvalue weighted by atomic mass is 35.5. The summed E-state index contributed by atoms with van der Waals surface area (Å²) in [5.41, 5.74) is 0.197. The van der Waals surface area contributed by atoms with Gasteiger partial charge in [-0.25, -0.2) is 9.59 Å². The molecule has 1 aromatic rings. The zero-order chi connectivity index (χ0) is 14.4. The highest BCUT2D eigenvalue weighted by Gasteiger charge is 2.16. The molecule has 0 saturated heterocycles. The summed E-state index contributed by atoms with van der Waals surface area (Å²) in [7, 11) is 3.18. The van der Waals surface area contributed by atoms with Crippen molar-refractivity contribution in [3.8, 4) is 0 Å². The van der Waals surface area contributed by atoms with E-state index in [1.54, 1.807) is 21.0 Å². The molecule has 0 unspecified atom stereocenters. The monoisotopic (exact) mass is 289 g/mol. The Morgan fingerprint density at radius 3 is 2.68 bits per heavy atom. The summed E-state index contributed by atoms with van der Waals surface area (Å²) in [6.45, 7) is 2.41. The van der Waals surface area contributed by atoms with Gasteiger partial charge in [0, 0.05) is 20.3 Å². The molecular weight excluding hydrogens is 274 g/mol. The normalized spacial score (nSPS) is 10.1. The molecule has 0 spiro atoms. The smallest absolute Gasteiger partial charge is 0.409 e. The Morgan fingerprint density at radius 2 is 2.11 bits per heavy atom. The molecule has 1 aromatic heterocycles. The molecule has 0 aliphatic heterocycles. The number of amides is 1. The molecule has 1 heterocycles. The first-order chi connectivity index (χ1) is 8.95. The quantitative estimate of drug-likeness (QED) is 0.766. The SMILES string of the molecule is CCOC(=O)c1cn(CCOC(=O)N(C)C)nc1Cl. The Labute approximate surface area is 116 Å². The van der Waals surface area contributed by atoms with E-state index in [9.17, 15) is 9.59 Å². The minimum atomic E-state index is -0.524. The first kappa shape index (κ1) is 15.3. The number of hydrogen-bond acceptors (Lipinski definition) is 5. The largest absolute Gasteiger partial charge is 0.462 e. The van der Waals surface area contributed by atoms with Gasteiger partial charge in [-0.3, -0.25) is 4.68 Å². The summed E-state index contributed by atoms with van der Waals surface area (Å²) < 4.78 is 11.2. The van der Waals surface area contributed by atoms with Crippen LogP contribution in [0.1, 0.15) is 17.3 Å². The fraction of sp³-hybridized carbons (Fsp3) is 0.545. The molecule has 1 rings (SSSR count). The number of carbonyl (C=O) groups is 2. The summed E-state index contributed by atoms with van der Waals surface area (Å²) in [5, 5.41) is 4.00. The number of rotatable bonds is 5. The van der Waals surface area contributed by atoms with Crippen LogP contribution in [0.5, 0.6) is 0 Å². The summed E-state index contributed by atoms with van der Waals surface area (Å²) in [6, 6.07) is 0. The van der Waals surface area contributed by atoms with Gasteiger partial charge >= 0.3 is 12.1 Å². The Bertz CT molecular complexity index is 459. The van der Waals surface area contributed by atoms with Crippen molar-refractivity contribution in [2.24, 2.45) is 0 Å². The van der Waals surface area contributed by atoms with Crippen LogP contribution < -0.4 is 0 Å². The first-order valence-corrected chi connectivity index (χ1v) is 6.07. The van der Waals surface area contributed by atoms with Crippen molar-refractivity contribution in [3.05, 3.63) is 16.9 Å². The zero-order valence-electron chi connectivity index (χ0n) is 11.1. The Kier molecular flexibility index (Phi) is 5.62. The van der Waals surface area contributed by atoms with Gasteiger partial charge in [0.1, 0.15) is 12.2 Å². The molecular formula is C11H16ClN3O4. The summed E-state index contributed by atoms with van der Waals surface area (Å²) in [4.78, 5) is 24.0. The topological polar surface area (TPSA) is 73.7 Å². The van der Waals surface area contributed by atoms with Crippen molar-refractivity contribution in [1.29, 1.82) is 0 Å². The van der Waals surface area contributed by atoms with E-state index in [2.05, 4.69) is 5.10 Å². The van der Waals surface area contributed by atoms with E-state index in [-0.39, 0.29) is 23.9 Å². The molecule has 8 heteroatoms. The lowest BCUT2D eigenvalue weighted by atomic mass is 10.4. The maximum absolute atomic E-state index is 11.5. The lowest BCUT2D eigenvalue weighted by molar-refractivity contribution is 0.0526. The van der Waals surface area contributed by atoms with Gasteiger partial charge < -0.3 is 14.4 Å². The van der Waals surface area contributed by atoms with Crippen LogP contribution in [0.4, 0.5) is 4.79 Å². The Balaban J connectivity index is 2.54. The van der Waals surface area contributed by atoms with E-state index in [1.807, 2.05) is 0 Å². The summed E-state index contributed by atoms with van der Waals surface area (Å²) >= 11 is 5.82. The van der Waals surface area contributed by atoms with E-state index >= 15 is 0 Å². The second kappa shape index (κ2) is 6.98. The van der Waals surface area contributed by atoms with Gasteiger partial charge in [-0.2, -0.15) is 5.10 Å². The molecule has 1 amide bonds. The standard InChI is InChI=1S/C11H16ClN3O4/c1-4-18-10(16)8-7-15(13-9(8)12)5-6-19-11(17)14(2)3/h7H,4-6H2,1-3H3. The summed E-state index contributed by atoms with van der Waals surface area (Å²) in [6.07, 6.45) is 1.02. The first-order valence-electron chi connectivity index (χ1n) is 5.69.